The first-order chi connectivity index (χ1) is 9.54. The third-order valence-corrected chi connectivity index (χ3v) is 2.64. The van der Waals surface area contributed by atoms with Crippen LogP contribution in [0.15, 0.2) is 12.3 Å². The molecule has 0 bridgehead atoms. The molecule has 0 aliphatic carbocycles. The summed E-state index contributed by atoms with van der Waals surface area (Å²) >= 11 is 0. The van der Waals surface area contributed by atoms with E-state index in [1.165, 1.54) is 6.20 Å². The van der Waals surface area contributed by atoms with Crippen LogP contribution < -0.4 is 16.6 Å². The summed E-state index contributed by atoms with van der Waals surface area (Å²) in [7, 11) is 0. The van der Waals surface area contributed by atoms with E-state index in [0.29, 0.717) is 30.3 Å². The molecule has 0 spiro atoms. The Labute approximate surface area is 120 Å². The topological polar surface area (TPSA) is 89.3 Å². The number of hydrogen-bond acceptors (Lipinski definition) is 5. The van der Waals surface area contributed by atoms with Crippen molar-refractivity contribution in [2.24, 2.45) is 11.8 Å². The smallest absolute Gasteiger partial charge is 0.255 e. The molecule has 20 heavy (non-hydrogen) atoms. The van der Waals surface area contributed by atoms with Crippen LogP contribution in [-0.4, -0.2) is 30.6 Å². The van der Waals surface area contributed by atoms with Crippen LogP contribution >= 0.6 is 0 Å². The Morgan fingerprint density at radius 1 is 1.50 bits per heavy atom. The summed E-state index contributed by atoms with van der Waals surface area (Å²) in [4.78, 5) is 16.1. The number of carbonyl (C=O) groups excluding carboxylic acids is 1. The number of amides is 1. The standard InChI is InChI=1S/C14H24N4O2/c1-10(2)9-20-6-4-5-16-14(19)12-8-17-11(3)7-13(12)18-15/h7-8,10H,4-6,9,15H2,1-3H3,(H,16,19)(H,17,18). The lowest BCUT2D eigenvalue weighted by Crippen LogP contribution is -2.27. The highest BCUT2D eigenvalue weighted by Gasteiger charge is 2.11. The zero-order chi connectivity index (χ0) is 15.0. The van der Waals surface area contributed by atoms with E-state index in [4.69, 9.17) is 10.6 Å². The Kier molecular flexibility index (Phi) is 6.97. The maximum Gasteiger partial charge on any atom is 0.255 e. The molecule has 4 N–H and O–H groups in total. The number of nitrogens with two attached hydrogens (primary N) is 1. The first-order valence-corrected chi connectivity index (χ1v) is 6.83. The summed E-state index contributed by atoms with van der Waals surface area (Å²) in [5.74, 6) is 5.75. The highest BCUT2D eigenvalue weighted by molar-refractivity contribution is 5.99. The molecular formula is C14H24N4O2. The molecule has 1 aromatic heterocycles. The van der Waals surface area contributed by atoms with E-state index >= 15 is 0 Å². The molecule has 0 saturated carbocycles. The fraction of sp³-hybridized carbons (Fsp3) is 0.571. The number of carbonyl (C=O) groups is 1. The largest absolute Gasteiger partial charge is 0.381 e. The highest BCUT2D eigenvalue weighted by atomic mass is 16.5. The number of nitrogens with one attached hydrogen (secondary N) is 2. The van der Waals surface area contributed by atoms with E-state index < -0.39 is 0 Å². The molecule has 1 rings (SSSR count). The van der Waals surface area contributed by atoms with Crippen LogP contribution in [-0.2, 0) is 4.74 Å². The summed E-state index contributed by atoms with van der Waals surface area (Å²) in [5, 5.41) is 2.83. The Balaban J connectivity index is 2.36. The molecule has 6 nitrogen and oxygen atoms in total. The number of aromatic nitrogens is 1. The van der Waals surface area contributed by atoms with E-state index in [-0.39, 0.29) is 5.91 Å². The van der Waals surface area contributed by atoms with Gasteiger partial charge in [-0.15, -0.1) is 0 Å². The van der Waals surface area contributed by atoms with Gasteiger partial charge in [-0.25, -0.2) is 0 Å². The first kappa shape index (κ1) is 16.4. The van der Waals surface area contributed by atoms with Gasteiger partial charge in [0.25, 0.3) is 5.91 Å². The van der Waals surface area contributed by atoms with Gasteiger partial charge in [-0.05, 0) is 25.3 Å². The van der Waals surface area contributed by atoms with Crippen LogP contribution in [0.2, 0.25) is 0 Å². The minimum Gasteiger partial charge on any atom is -0.381 e. The monoisotopic (exact) mass is 280 g/mol. The van der Waals surface area contributed by atoms with Gasteiger partial charge in [0.15, 0.2) is 0 Å². The number of nitrogens with zero attached hydrogens (tertiary/aromatic N) is 1. The molecule has 1 heterocycles. The van der Waals surface area contributed by atoms with E-state index in [0.717, 1.165) is 18.7 Å². The minimum atomic E-state index is -0.186. The number of hydrogen-bond donors (Lipinski definition) is 3. The predicted octanol–water partition coefficient (Wildman–Crippen LogP) is 1.47. The Hall–Kier alpha value is -1.66. The quantitative estimate of drug-likeness (QED) is 0.381. The molecule has 0 aliphatic heterocycles. The zero-order valence-corrected chi connectivity index (χ0v) is 12.4. The molecule has 1 aromatic rings. The van der Waals surface area contributed by atoms with E-state index in [2.05, 4.69) is 29.6 Å². The number of anilines is 1. The predicted molar refractivity (Wildman–Crippen MR) is 79.4 cm³/mol. The van der Waals surface area contributed by atoms with Crippen molar-refractivity contribution in [3.63, 3.8) is 0 Å². The molecule has 0 radical (unpaired) electrons. The van der Waals surface area contributed by atoms with Crippen molar-refractivity contribution in [1.82, 2.24) is 10.3 Å². The van der Waals surface area contributed by atoms with Gasteiger partial charge >= 0.3 is 0 Å². The van der Waals surface area contributed by atoms with Crippen LogP contribution in [0.1, 0.15) is 36.3 Å². The summed E-state index contributed by atoms with van der Waals surface area (Å²) < 4.78 is 5.45. The van der Waals surface area contributed by atoms with Crippen molar-refractivity contribution in [3.8, 4) is 0 Å². The SMILES string of the molecule is Cc1cc(NN)c(C(=O)NCCCOCC(C)C)cn1. The van der Waals surface area contributed by atoms with Crippen LogP contribution in [0.4, 0.5) is 5.69 Å². The average Bonchev–Trinajstić information content (AvgIpc) is 2.41. The molecule has 6 heteroatoms. The number of pyridine rings is 1. The lowest BCUT2D eigenvalue weighted by molar-refractivity contribution is 0.0925. The zero-order valence-electron chi connectivity index (χ0n) is 12.4. The van der Waals surface area contributed by atoms with Gasteiger partial charge in [0.2, 0.25) is 0 Å². The van der Waals surface area contributed by atoms with E-state index in [1.807, 2.05) is 6.92 Å². The highest BCUT2D eigenvalue weighted by Crippen LogP contribution is 2.13. The third kappa shape index (κ3) is 5.54. The molecule has 112 valence electrons. The van der Waals surface area contributed by atoms with Gasteiger partial charge in [-0.2, -0.15) is 0 Å². The van der Waals surface area contributed by atoms with Gasteiger partial charge in [0.05, 0.1) is 11.3 Å². The van der Waals surface area contributed by atoms with Crippen molar-refractivity contribution in [1.29, 1.82) is 0 Å². The Morgan fingerprint density at radius 2 is 2.25 bits per heavy atom. The van der Waals surface area contributed by atoms with Crippen molar-refractivity contribution in [2.45, 2.75) is 27.2 Å². The second-order valence-corrected chi connectivity index (χ2v) is 5.09. The second-order valence-electron chi connectivity index (χ2n) is 5.09. The summed E-state index contributed by atoms with van der Waals surface area (Å²) in [6, 6.07) is 1.74. The van der Waals surface area contributed by atoms with Crippen molar-refractivity contribution < 1.29 is 9.53 Å². The molecule has 1 amide bonds. The average molecular weight is 280 g/mol. The van der Waals surface area contributed by atoms with Gasteiger partial charge in [-0.3, -0.25) is 15.6 Å². The fourth-order valence-electron chi connectivity index (χ4n) is 1.65. The maximum absolute atomic E-state index is 12.0. The maximum atomic E-state index is 12.0. The van der Waals surface area contributed by atoms with Gasteiger partial charge < -0.3 is 15.5 Å². The second kappa shape index (κ2) is 8.50. The third-order valence-electron chi connectivity index (χ3n) is 2.64. The van der Waals surface area contributed by atoms with Crippen LogP contribution in [0.25, 0.3) is 0 Å². The Bertz CT molecular complexity index is 435. The molecule has 0 aliphatic rings. The normalized spacial score (nSPS) is 10.7. The fourth-order valence-corrected chi connectivity index (χ4v) is 1.65. The van der Waals surface area contributed by atoms with Crippen molar-refractivity contribution >= 4 is 11.6 Å². The van der Waals surface area contributed by atoms with Gasteiger partial charge in [0, 0.05) is 31.6 Å². The van der Waals surface area contributed by atoms with Crippen LogP contribution in [0, 0.1) is 12.8 Å². The number of rotatable bonds is 8. The number of hydrazine groups is 1. The van der Waals surface area contributed by atoms with E-state index in [1.54, 1.807) is 6.07 Å². The van der Waals surface area contributed by atoms with Crippen molar-refractivity contribution in [2.75, 3.05) is 25.2 Å². The van der Waals surface area contributed by atoms with Crippen LogP contribution in [0.3, 0.4) is 0 Å². The minimum absolute atomic E-state index is 0.186. The first-order valence-electron chi connectivity index (χ1n) is 6.83. The molecule has 0 fully saturated rings. The lowest BCUT2D eigenvalue weighted by atomic mass is 10.2. The molecule has 0 atom stereocenters. The van der Waals surface area contributed by atoms with Gasteiger partial charge in [0.1, 0.15) is 0 Å². The molecule has 0 saturated heterocycles. The molecular weight excluding hydrogens is 256 g/mol. The number of nitrogen functional groups attached to an aromatic ring is 1. The van der Waals surface area contributed by atoms with Crippen molar-refractivity contribution in [3.05, 3.63) is 23.5 Å². The lowest BCUT2D eigenvalue weighted by Gasteiger charge is -2.10. The number of ether oxygens (including phenoxy) is 1. The summed E-state index contributed by atoms with van der Waals surface area (Å²) in [6.07, 6.45) is 2.30. The molecule has 0 aromatic carbocycles. The summed E-state index contributed by atoms with van der Waals surface area (Å²) in [5.41, 5.74) is 4.34. The van der Waals surface area contributed by atoms with Gasteiger partial charge in [-0.1, -0.05) is 13.8 Å². The molecule has 0 unspecified atom stereocenters. The number of aryl methyl sites for hydroxylation is 1. The Morgan fingerprint density at radius 3 is 2.90 bits per heavy atom. The van der Waals surface area contributed by atoms with E-state index in [9.17, 15) is 4.79 Å². The summed E-state index contributed by atoms with van der Waals surface area (Å²) in [6.45, 7) is 8.01. The van der Waals surface area contributed by atoms with Crippen LogP contribution in [0.5, 0.6) is 0 Å².